The van der Waals surface area contributed by atoms with Crippen molar-refractivity contribution in [3.63, 3.8) is 0 Å². The van der Waals surface area contributed by atoms with Gasteiger partial charge < -0.3 is 0 Å². The first-order valence-electron chi connectivity index (χ1n) is 5.88. The second-order valence-electron chi connectivity index (χ2n) is 4.27. The van der Waals surface area contributed by atoms with Crippen molar-refractivity contribution in [3.05, 3.63) is 53.6 Å². The van der Waals surface area contributed by atoms with Crippen LogP contribution < -0.4 is 10.4 Å². The molecule has 0 spiro atoms. The van der Waals surface area contributed by atoms with Crippen molar-refractivity contribution in [1.29, 1.82) is 0 Å². The normalized spacial score (nSPS) is 19.5. The number of carbonyl (C=O) groups is 1. The number of allylic oxidation sites excluding steroid dienone is 1. The van der Waals surface area contributed by atoms with Crippen molar-refractivity contribution in [2.75, 3.05) is 11.6 Å². The first-order valence-corrected chi connectivity index (χ1v) is 5.88. The minimum absolute atomic E-state index is 0.0494. The molecule has 1 aromatic rings. The van der Waals surface area contributed by atoms with E-state index in [2.05, 4.69) is 11.5 Å². The van der Waals surface area contributed by atoms with Crippen LogP contribution in [0.1, 0.15) is 12.8 Å². The van der Waals surface area contributed by atoms with Crippen LogP contribution in [0.3, 0.4) is 0 Å². The summed E-state index contributed by atoms with van der Waals surface area (Å²) in [7, 11) is 0. The molecule has 0 atom stereocenters. The molecule has 3 rings (SSSR count). The molecule has 2 aliphatic rings. The molecule has 86 valence electrons. The molecule has 17 heavy (non-hydrogen) atoms. The molecule has 0 radical (unpaired) electrons. The predicted molar refractivity (Wildman–Crippen MR) is 67.3 cm³/mol. The van der Waals surface area contributed by atoms with E-state index >= 15 is 0 Å². The van der Waals surface area contributed by atoms with Gasteiger partial charge in [-0.2, -0.15) is 0 Å². The number of anilines is 1. The lowest BCUT2D eigenvalue weighted by Gasteiger charge is -2.31. The minimum Gasteiger partial charge on any atom is -0.267 e. The van der Waals surface area contributed by atoms with Gasteiger partial charge in [-0.1, -0.05) is 30.4 Å². The number of carbonyl (C=O) groups excluding carboxylic acids is 1. The van der Waals surface area contributed by atoms with Crippen molar-refractivity contribution in [2.45, 2.75) is 12.8 Å². The molecule has 0 bridgehead atoms. The van der Waals surface area contributed by atoms with Gasteiger partial charge in [-0.25, -0.2) is 10.4 Å². The largest absolute Gasteiger partial charge is 0.272 e. The third-order valence-corrected chi connectivity index (χ3v) is 3.18. The lowest BCUT2D eigenvalue weighted by molar-refractivity contribution is -0.115. The van der Waals surface area contributed by atoms with Crippen molar-refractivity contribution in [2.24, 2.45) is 0 Å². The van der Waals surface area contributed by atoms with Crippen LogP contribution in [0.2, 0.25) is 0 Å². The van der Waals surface area contributed by atoms with Gasteiger partial charge >= 0.3 is 0 Å². The van der Waals surface area contributed by atoms with Gasteiger partial charge in [0.15, 0.2) is 0 Å². The van der Waals surface area contributed by atoms with E-state index in [1.54, 1.807) is 5.01 Å². The molecule has 1 aliphatic carbocycles. The van der Waals surface area contributed by atoms with Gasteiger partial charge in [0.25, 0.3) is 5.91 Å². The van der Waals surface area contributed by atoms with Gasteiger partial charge in [0.05, 0.1) is 5.69 Å². The van der Waals surface area contributed by atoms with Crippen molar-refractivity contribution >= 4 is 11.6 Å². The highest BCUT2D eigenvalue weighted by Gasteiger charge is 2.26. The van der Waals surface area contributed by atoms with Crippen LogP contribution >= 0.6 is 0 Å². The van der Waals surface area contributed by atoms with Gasteiger partial charge in [0, 0.05) is 12.1 Å². The van der Waals surface area contributed by atoms with Crippen molar-refractivity contribution in [3.8, 4) is 0 Å². The summed E-state index contributed by atoms with van der Waals surface area (Å²) in [5.41, 5.74) is 6.15. The Balaban J connectivity index is 1.94. The molecule has 1 heterocycles. The lowest BCUT2D eigenvalue weighted by atomic mass is 9.95. The monoisotopic (exact) mass is 226 g/mol. The van der Waals surface area contributed by atoms with E-state index in [1.807, 2.05) is 36.4 Å². The first kappa shape index (κ1) is 10.3. The third kappa shape index (κ3) is 1.78. The average Bonchev–Trinajstić information content (AvgIpc) is 2.40. The summed E-state index contributed by atoms with van der Waals surface area (Å²) in [4.78, 5) is 12.3. The first-order chi connectivity index (χ1) is 8.36. The number of para-hydroxylation sites is 1. The van der Waals surface area contributed by atoms with Crippen molar-refractivity contribution in [1.82, 2.24) is 5.43 Å². The van der Waals surface area contributed by atoms with Gasteiger partial charge in [0.1, 0.15) is 0 Å². The molecule has 1 amide bonds. The zero-order valence-electron chi connectivity index (χ0n) is 9.52. The third-order valence-electron chi connectivity index (χ3n) is 3.18. The average molecular weight is 226 g/mol. The smallest absolute Gasteiger partial charge is 0.267 e. The van der Waals surface area contributed by atoms with Crippen LogP contribution in [-0.2, 0) is 4.79 Å². The molecule has 3 heteroatoms. The predicted octanol–water partition coefficient (Wildman–Crippen LogP) is 2.18. The molecular formula is C14H14N2O. The van der Waals surface area contributed by atoms with E-state index in [-0.39, 0.29) is 5.91 Å². The fourth-order valence-electron chi connectivity index (χ4n) is 2.27. The molecule has 0 fully saturated rings. The Bertz CT molecular complexity index is 502. The maximum absolute atomic E-state index is 12.3. The summed E-state index contributed by atoms with van der Waals surface area (Å²) >= 11 is 0. The Kier molecular flexibility index (Phi) is 2.53. The van der Waals surface area contributed by atoms with Gasteiger partial charge in [-0.3, -0.25) is 4.79 Å². The molecular weight excluding hydrogens is 212 g/mol. The van der Waals surface area contributed by atoms with E-state index in [0.717, 1.165) is 30.6 Å². The van der Waals surface area contributed by atoms with Gasteiger partial charge in [-0.15, -0.1) is 0 Å². The molecule has 0 saturated carbocycles. The number of amides is 1. The quantitative estimate of drug-likeness (QED) is 0.796. The number of hydrazine groups is 1. The molecule has 0 unspecified atom stereocenters. The van der Waals surface area contributed by atoms with Crippen LogP contribution in [-0.4, -0.2) is 12.5 Å². The molecule has 0 aromatic heterocycles. The lowest BCUT2D eigenvalue weighted by Crippen LogP contribution is -2.48. The fraction of sp³-hybridized carbons (Fsp3) is 0.214. The number of hydrogen-bond donors (Lipinski definition) is 1. The SMILES string of the molecule is O=C1C2=C(CCC=C2)CNN1c1ccccc1. The fourth-order valence-corrected chi connectivity index (χ4v) is 2.27. The Labute approximate surface area is 100 Å². The van der Waals surface area contributed by atoms with Crippen LogP contribution in [0.25, 0.3) is 0 Å². The maximum atomic E-state index is 12.3. The number of hydrogen-bond acceptors (Lipinski definition) is 2. The van der Waals surface area contributed by atoms with Gasteiger partial charge in [-0.05, 0) is 30.5 Å². The van der Waals surface area contributed by atoms with E-state index in [0.29, 0.717) is 0 Å². The minimum atomic E-state index is 0.0494. The highest BCUT2D eigenvalue weighted by atomic mass is 16.2. The van der Waals surface area contributed by atoms with Crippen molar-refractivity contribution < 1.29 is 4.79 Å². The standard InChI is InChI=1S/C14H14N2O/c17-14-13-9-5-4-6-11(13)10-15-16(14)12-7-2-1-3-8-12/h1-3,5,7-9,15H,4,6,10H2. The number of rotatable bonds is 1. The second-order valence-corrected chi connectivity index (χ2v) is 4.27. The molecule has 1 aliphatic heterocycles. The topological polar surface area (TPSA) is 32.3 Å². The van der Waals surface area contributed by atoms with E-state index < -0.39 is 0 Å². The summed E-state index contributed by atoms with van der Waals surface area (Å²) in [6, 6.07) is 9.69. The summed E-state index contributed by atoms with van der Waals surface area (Å²) in [6.07, 6.45) is 6.06. The van der Waals surface area contributed by atoms with Crippen LogP contribution in [0, 0.1) is 0 Å². The number of benzene rings is 1. The number of nitrogens with zero attached hydrogens (tertiary/aromatic N) is 1. The summed E-state index contributed by atoms with van der Waals surface area (Å²) in [6.45, 7) is 0.764. The highest BCUT2D eigenvalue weighted by molar-refractivity contribution is 6.08. The Morgan fingerprint density at radius 2 is 2.00 bits per heavy atom. The van der Waals surface area contributed by atoms with Crippen LogP contribution in [0.15, 0.2) is 53.6 Å². The Morgan fingerprint density at radius 1 is 1.18 bits per heavy atom. The molecule has 1 aromatic carbocycles. The summed E-state index contributed by atoms with van der Waals surface area (Å²) in [5.74, 6) is 0.0494. The zero-order chi connectivity index (χ0) is 11.7. The van der Waals surface area contributed by atoms with Crippen LogP contribution in [0.4, 0.5) is 5.69 Å². The molecule has 0 saturated heterocycles. The van der Waals surface area contributed by atoms with E-state index in [1.165, 1.54) is 5.57 Å². The number of nitrogens with one attached hydrogen (secondary N) is 1. The second kappa shape index (κ2) is 4.18. The molecule has 1 N–H and O–H groups in total. The van der Waals surface area contributed by atoms with Crippen LogP contribution in [0.5, 0.6) is 0 Å². The highest BCUT2D eigenvalue weighted by Crippen LogP contribution is 2.25. The van der Waals surface area contributed by atoms with E-state index in [4.69, 9.17) is 0 Å². The zero-order valence-corrected chi connectivity index (χ0v) is 9.52. The molecule has 3 nitrogen and oxygen atoms in total. The summed E-state index contributed by atoms with van der Waals surface area (Å²) < 4.78 is 0. The summed E-state index contributed by atoms with van der Waals surface area (Å²) in [5, 5.41) is 1.63. The maximum Gasteiger partial charge on any atom is 0.272 e. The Hall–Kier alpha value is -1.87. The van der Waals surface area contributed by atoms with E-state index in [9.17, 15) is 4.79 Å². The van der Waals surface area contributed by atoms with Gasteiger partial charge in [0.2, 0.25) is 0 Å². The Morgan fingerprint density at radius 3 is 2.82 bits per heavy atom.